The molecular formula is C19H16ClF3N4. The molecule has 0 radical (unpaired) electrons. The number of hydrogen-bond donors (Lipinski definition) is 2. The van der Waals surface area contributed by atoms with Gasteiger partial charge >= 0.3 is 6.18 Å². The van der Waals surface area contributed by atoms with Crippen LogP contribution < -0.4 is 10.6 Å². The molecule has 0 spiro atoms. The molecule has 8 heteroatoms. The lowest BCUT2D eigenvalue weighted by Crippen LogP contribution is -2.07. The number of nitrogens with zero attached hydrogens (tertiary/aromatic N) is 2. The summed E-state index contributed by atoms with van der Waals surface area (Å²) in [5.41, 5.74) is 0.471. The van der Waals surface area contributed by atoms with Gasteiger partial charge in [0.2, 0.25) is 0 Å². The second-order valence-corrected chi connectivity index (χ2v) is 6.24. The standard InChI is InChI=1S/C19H16ClF3N4/c1-12-25-17(24-11-13-5-2-3-8-16(13)20)10-18(26-12)27-15-7-4-6-14(9-15)19(21,22)23/h2-10H,11H2,1H3,(H2,24,25,26,27). The Hall–Kier alpha value is -2.80. The summed E-state index contributed by atoms with van der Waals surface area (Å²) < 4.78 is 38.6. The van der Waals surface area contributed by atoms with Gasteiger partial charge in [0.25, 0.3) is 0 Å². The van der Waals surface area contributed by atoms with Crippen LogP contribution in [0.2, 0.25) is 5.02 Å². The fourth-order valence-corrected chi connectivity index (χ4v) is 2.67. The number of aryl methyl sites for hydroxylation is 1. The van der Waals surface area contributed by atoms with Gasteiger partial charge < -0.3 is 10.6 Å². The molecule has 0 fully saturated rings. The van der Waals surface area contributed by atoms with E-state index in [1.165, 1.54) is 6.07 Å². The van der Waals surface area contributed by atoms with E-state index in [1.807, 2.05) is 18.2 Å². The lowest BCUT2D eigenvalue weighted by Gasteiger charge is -2.12. The Morgan fingerprint density at radius 2 is 1.70 bits per heavy atom. The maximum absolute atomic E-state index is 12.9. The molecule has 1 aromatic heterocycles. The number of hydrogen-bond acceptors (Lipinski definition) is 4. The number of rotatable bonds is 5. The zero-order chi connectivity index (χ0) is 19.4. The van der Waals surface area contributed by atoms with Crippen LogP contribution in [0.15, 0.2) is 54.6 Å². The number of benzene rings is 2. The molecule has 0 unspecified atom stereocenters. The topological polar surface area (TPSA) is 49.8 Å². The van der Waals surface area contributed by atoms with Crippen LogP contribution in [-0.2, 0) is 12.7 Å². The molecule has 3 aromatic rings. The molecule has 1 heterocycles. The van der Waals surface area contributed by atoms with Gasteiger partial charge in [-0.05, 0) is 36.8 Å². The zero-order valence-electron chi connectivity index (χ0n) is 14.3. The van der Waals surface area contributed by atoms with Gasteiger partial charge in [0.05, 0.1) is 5.56 Å². The van der Waals surface area contributed by atoms with E-state index in [0.717, 1.165) is 17.7 Å². The number of nitrogens with one attached hydrogen (secondary N) is 2. The van der Waals surface area contributed by atoms with E-state index in [0.29, 0.717) is 34.7 Å². The van der Waals surface area contributed by atoms with Crippen LogP contribution in [0.5, 0.6) is 0 Å². The maximum Gasteiger partial charge on any atom is 0.416 e. The van der Waals surface area contributed by atoms with E-state index in [4.69, 9.17) is 11.6 Å². The Morgan fingerprint density at radius 3 is 2.44 bits per heavy atom. The van der Waals surface area contributed by atoms with Crippen LogP contribution in [0.25, 0.3) is 0 Å². The van der Waals surface area contributed by atoms with Crippen LogP contribution in [0.4, 0.5) is 30.5 Å². The van der Waals surface area contributed by atoms with Gasteiger partial charge in [0.15, 0.2) is 0 Å². The van der Waals surface area contributed by atoms with Crippen LogP contribution in [0.1, 0.15) is 17.0 Å². The van der Waals surface area contributed by atoms with Crippen molar-refractivity contribution >= 4 is 28.9 Å². The molecule has 0 saturated heterocycles. The molecule has 0 bridgehead atoms. The van der Waals surface area contributed by atoms with Gasteiger partial charge in [-0.15, -0.1) is 0 Å². The molecule has 0 saturated carbocycles. The van der Waals surface area contributed by atoms with Gasteiger partial charge in [-0.2, -0.15) is 13.2 Å². The smallest absolute Gasteiger partial charge is 0.366 e. The van der Waals surface area contributed by atoms with Crippen molar-refractivity contribution < 1.29 is 13.2 Å². The molecule has 140 valence electrons. The van der Waals surface area contributed by atoms with Gasteiger partial charge in [-0.3, -0.25) is 0 Å². The molecule has 2 N–H and O–H groups in total. The van der Waals surface area contributed by atoms with Gasteiger partial charge in [-0.25, -0.2) is 9.97 Å². The summed E-state index contributed by atoms with van der Waals surface area (Å²) in [6, 6.07) is 14.0. The SMILES string of the molecule is Cc1nc(NCc2ccccc2Cl)cc(Nc2cccc(C(F)(F)F)c2)n1. The molecular weight excluding hydrogens is 377 g/mol. The van der Waals surface area contributed by atoms with E-state index >= 15 is 0 Å². The zero-order valence-corrected chi connectivity index (χ0v) is 15.1. The summed E-state index contributed by atoms with van der Waals surface area (Å²) in [4.78, 5) is 8.52. The summed E-state index contributed by atoms with van der Waals surface area (Å²) in [6.07, 6.45) is -4.40. The van der Waals surface area contributed by atoms with Crippen molar-refractivity contribution in [3.8, 4) is 0 Å². The minimum absolute atomic E-state index is 0.292. The summed E-state index contributed by atoms with van der Waals surface area (Å²) >= 11 is 6.13. The molecule has 0 aliphatic rings. The van der Waals surface area contributed by atoms with Crippen LogP contribution >= 0.6 is 11.6 Å². The first-order valence-corrected chi connectivity index (χ1v) is 8.46. The fraction of sp³-hybridized carbons (Fsp3) is 0.158. The third kappa shape index (κ3) is 5.10. The lowest BCUT2D eigenvalue weighted by molar-refractivity contribution is -0.137. The first-order chi connectivity index (χ1) is 12.8. The highest BCUT2D eigenvalue weighted by Crippen LogP contribution is 2.31. The summed E-state index contributed by atoms with van der Waals surface area (Å²) in [7, 11) is 0. The fourth-order valence-electron chi connectivity index (χ4n) is 2.47. The second-order valence-electron chi connectivity index (χ2n) is 5.83. The van der Waals surface area contributed by atoms with E-state index in [-0.39, 0.29) is 0 Å². The first-order valence-electron chi connectivity index (χ1n) is 8.08. The minimum Gasteiger partial charge on any atom is -0.366 e. The summed E-state index contributed by atoms with van der Waals surface area (Å²) in [6.45, 7) is 2.16. The Balaban J connectivity index is 1.77. The average Bonchev–Trinajstić information content (AvgIpc) is 2.60. The van der Waals surface area contributed by atoms with Crippen LogP contribution in [-0.4, -0.2) is 9.97 Å². The highest BCUT2D eigenvalue weighted by molar-refractivity contribution is 6.31. The van der Waals surface area contributed by atoms with Crippen LogP contribution in [0.3, 0.4) is 0 Å². The molecule has 27 heavy (non-hydrogen) atoms. The van der Waals surface area contributed by atoms with Crippen molar-refractivity contribution in [2.45, 2.75) is 19.6 Å². The van der Waals surface area contributed by atoms with E-state index in [9.17, 15) is 13.2 Å². The highest BCUT2D eigenvalue weighted by atomic mass is 35.5. The average molecular weight is 393 g/mol. The van der Waals surface area contributed by atoms with Gasteiger partial charge in [0, 0.05) is 23.3 Å². The number of aromatic nitrogens is 2. The molecule has 0 atom stereocenters. The Morgan fingerprint density at radius 1 is 0.963 bits per heavy atom. The lowest BCUT2D eigenvalue weighted by atomic mass is 10.2. The Kier molecular flexibility index (Phi) is 5.51. The molecule has 3 rings (SSSR count). The molecule has 4 nitrogen and oxygen atoms in total. The van der Waals surface area contributed by atoms with E-state index < -0.39 is 11.7 Å². The third-order valence-corrected chi connectivity index (χ3v) is 4.09. The minimum atomic E-state index is -4.40. The Labute approximate surface area is 159 Å². The van der Waals surface area contributed by atoms with Crippen molar-refractivity contribution in [2.24, 2.45) is 0 Å². The van der Waals surface area contributed by atoms with Gasteiger partial charge in [-0.1, -0.05) is 35.9 Å². The molecule has 0 aliphatic heterocycles. The van der Waals surface area contributed by atoms with E-state index in [1.54, 1.807) is 25.1 Å². The van der Waals surface area contributed by atoms with Crippen molar-refractivity contribution in [1.82, 2.24) is 9.97 Å². The number of halogens is 4. The first kappa shape index (κ1) is 19.0. The van der Waals surface area contributed by atoms with Crippen LogP contribution in [0, 0.1) is 6.92 Å². The molecule has 0 amide bonds. The summed E-state index contributed by atoms with van der Waals surface area (Å²) in [5, 5.41) is 6.68. The Bertz CT molecular complexity index is 944. The van der Waals surface area contributed by atoms with Crippen molar-refractivity contribution in [2.75, 3.05) is 10.6 Å². The largest absolute Gasteiger partial charge is 0.416 e. The number of anilines is 3. The predicted octanol–water partition coefficient (Wildman–Crippen LogP) is 5.81. The van der Waals surface area contributed by atoms with E-state index in [2.05, 4.69) is 20.6 Å². The van der Waals surface area contributed by atoms with Gasteiger partial charge in [0.1, 0.15) is 17.5 Å². The second kappa shape index (κ2) is 7.84. The monoisotopic (exact) mass is 392 g/mol. The van der Waals surface area contributed by atoms with Crippen molar-refractivity contribution in [3.05, 3.63) is 76.6 Å². The quantitative estimate of drug-likeness (QED) is 0.575. The molecule has 2 aromatic carbocycles. The third-order valence-electron chi connectivity index (χ3n) is 3.72. The van der Waals surface area contributed by atoms with Crippen molar-refractivity contribution in [1.29, 1.82) is 0 Å². The predicted molar refractivity (Wildman–Crippen MR) is 100 cm³/mol. The normalized spacial score (nSPS) is 11.3. The molecule has 0 aliphatic carbocycles. The summed E-state index contributed by atoms with van der Waals surface area (Å²) in [5.74, 6) is 1.41. The maximum atomic E-state index is 12.9. The van der Waals surface area contributed by atoms with Crippen molar-refractivity contribution in [3.63, 3.8) is 0 Å². The number of alkyl halides is 3. The highest BCUT2D eigenvalue weighted by Gasteiger charge is 2.30.